The van der Waals surface area contributed by atoms with Crippen LogP contribution in [-0.2, 0) is 11.2 Å². The van der Waals surface area contributed by atoms with Gasteiger partial charge in [-0.15, -0.1) is 11.3 Å². The molecule has 1 amide bonds. The Morgan fingerprint density at radius 3 is 3.04 bits per heavy atom. The molecule has 0 atom stereocenters. The Kier molecular flexibility index (Phi) is 5.82. The molecule has 6 heteroatoms. The first-order valence-corrected chi connectivity index (χ1v) is 9.15. The second-order valence-corrected chi connectivity index (χ2v) is 7.05. The number of anilines is 1. The number of hydrogen-bond donors (Lipinski definition) is 2. The Hall–Kier alpha value is -1.92. The van der Waals surface area contributed by atoms with Crippen LogP contribution in [0.1, 0.15) is 35.6 Å². The first-order chi connectivity index (χ1) is 11.7. The molecule has 1 saturated heterocycles. The fourth-order valence-corrected chi connectivity index (χ4v) is 3.91. The molecule has 0 radical (unpaired) electrons. The molecule has 0 aliphatic carbocycles. The van der Waals surface area contributed by atoms with Gasteiger partial charge in [-0.25, -0.2) is 4.98 Å². The molecule has 0 spiro atoms. The van der Waals surface area contributed by atoms with Crippen LogP contribution in [0.4, 0.5) is 5.13 Å². The lowest BCUT2D eigenvalue weighted by molar-refractivity contribution is -0.116. The minimum absolute atomic E-state index is 0.00373. The number of carbonyl (C=O) groups excluding carboxylic acids is 1. The number of benzene rings is 1. The second-order valence-electron chi connectivity index (χ2n) is 5.99. The number of carbonyl (C=O) groups is 1. The average molecular weight is 345 g/mol. The summed E-state index contributed by atoms with van der Waals surface area (Å²) in [6.07, 6.45) is 5.33. The largest absolute Gasteiger partial charge is 0.497 e. The number of amides is 1. The van der Waals surface area contributed by atoms with Gasteiger partial charge in [0, 0.05) is 17.5 Å². The Labute approximate surface area is 146 Å². The van der Waals surface area contributed by atoms with E-state index >= 15 is 0 Å². The van der Waals surface area contributed by atoms with Gasteiger partial charge in [0.1, 0.15) is 5.75 Å². The number of ether oxygens (including phenoxy) is 1. The summed E-state index contributed by atoms with van der Waals surface area (Å²) in [6.45, 7) is 2.12. The number of methoxy groups -OCH3 is 1. The minimum atomic E-state index is 0.00373. The van der Waals surface area contributed by atoms with E-state index in [-0.39, 0.29) is 5.91 Å². The van der Waals surface area contributed by atoms with Crippen molar-refractivity contribution in [3.05, 3.63) is 40.9 Å². The van der Waals surface area contributed by atoms with Gasteiger partial charge in [-0.2, -0.15) is 0 Å². The third-order valence-electron chi connectivity index (χ3n) is 4.29. The standard InChI is InChI=1S/C18H23N3O2S/c1-23-15-4-2-3-13(11-15)5-6-17(22)21-18-20-12-16(24-18)14-7-9-19-10-8-14/h2-4,11-12,14,19H,5-10H2,1H3,(H,20,21,22). The maximum absolute atomic E-state index is 12.1. The van der Waals surface area contributed by atoms with Gasteiger partial charge in [0.05, 0.1) is 7.11 Å². The summed E-state index contributed by atoms with van der Waals surface area (Å²) in [5, 5.41) is 7.00. The van der Waals surface area contributed by atoms with Crippen LogP contribution in [0.15, 0.2) is 30.5 Å². The van der Waals surface area contributed by atoms with Crippen LogP contribution in [0.2, 0.25) is 0 Å². The first kappa shape index (κ1) is 16.9. The third kappa shape index (κ3) is 4.55. The van der Waals surface area contributed by atoms with Crippen LogP contribution in [0, 0.1) is 0 Å². The fourth-order valence-electron chi connectivity index (χ4n) is 2.91. The Morgan fingerprint density at radius 1 is 1.42 bits per heavy atom. The summed E-state index contributed by atoms with van der Waals surface area (Å²) in [7, 11) is 1.65. The van der Waals surface area contributed by atoms with Crippen molar-refractivity contribution in [2.45, 2.75) is 31.6 Å². The Morgan fingerprint density at radius 2 is 2.25 bits per heavy atom. The van der Waals surface area contributed by atoms with Gasteiger partial charge in [-0.1, -0.05) is 12.1 Å². The topological polar surface area (TPSA) is 63.2 Å². The average Bonchev–Trinajstić information content (AvgIpc) is 3.09. The molecule has 1 aromatic heterocycles. The molecule has 128 valence electrons. The van der Waals surface area contributed by atoms with Gasteiger partial charge < -0.3 is 15.4 Å². The fraction of sp³-hybridized carbons (Fsp3) is 0.444. The van der Waals surface area contributed by atoms with Crippen LogP contribution in [0.25, 0.3) is 0 Å². The lowest BCUT2D eigenvalue weighted by atomic mass is 9.97. The molecule has 0 saturated carbocycles. The smallest absolute Gasteiger partial charge is 0.226 e. The molecule has 2 heterocycles. The number of thiazole rings is 1. The predicted octanol–water partition coefficient (Wildman–Crippen LogP) is 3.19. The Bertz CT molecular complexity index is 680. The van der Waals surface area contributed by atoms with E-state index in [0.717, 1.165) is 37.2 Å². The molecule has 0 bridgehead atoms. The zero-order valence-electron chi connectivity index (χ0n) is 13.9. The summed E-state index contributed by atoms with van der Waals surface area (Å²) in [5.74, 6) is 1.40. The zero-order valence-corrected chi connectivity index (χ0v) is 14.7. The van der Waals surface area contributed by atoms with Gasteiger partial charge in [0.15, 0.2) is 5.13 Å². The molecule has 1 aromatic carbocycles. The van der Waals surface area contributed by atoms with Crippen LogP contribution in [-0.4, -0.2) is 31.1 Å². The number of nitrogens with zero attached hydrogens (tertiary/aromatic N) is 1. The molecule has 1 aliphatic heterocycles. The number of hydrogen-bond acceptors (Lipinski definition) is 5. The molecular weight excluding hydrogens is 322 g/mol. The molecular formula is C18H23N3O2S. The predicted molar refractivity (Wildman–Crippen MR) is 96.9 cm³/mol. The van der Waals surface area contributed by atoms with Crippen LogP contribution in [0.5, 0.6) is 5.75 Å². The van der Waals surface area contributed by atoms with Crippen molar-refractivity contribution < 1.29 is 9.53 Å². The van der Waals surface area contributed by atoms with Crippen molar-refractivity contribution in [2.24, 2.45) is 0 Å². The number of aryl methyl sites for hydroxylation is 1. The van der Waals surface area contributed by atoms with Crippen LogP contribution < -0.4 is 15.4 Å². The Balaban J connectivity index is 1.50. The van der Waals surface area contributed by atoms with E-state index in [9.17, 15) is 4.79 Å². The summed E-state index contributed by atoms with van der Waals surface area (Å²) in [5.41, 5.74) is 1.10. The number of piperidine rings is 1. The van der Waals surface area contributed by atoms with Gasteiger partial charge in [0.2, 0.25) is 5.91 Å². The van der Waals surface area contributed by atoms with E-state index in [2.05, 4.69) is 15.6 Å². The summed E-state index contributed by atoms with van der Waals surface area (Å²) < 4.78 is 5.20. The van der Waals surface area contributed by atoms with E-state index in [1.54, 1.807) is 18.4 Å². The molecule has 2 N–H and O–H groups in total. The summed E-state index contributed by atoms with van der Waals surface area (Å²) in [4.78, 5) is 17.8. The quantitative estimate of drug-likeness (QED) is 0.844. The van der Waals surface area contributed by atoms with Gasteiger partial charge in [0.25, 0.3) is 0 Å². The van der Waals surface area contributed by atoms with E-state index in [1.807, 2.05) is 30.5 Å². The van der Waals surface area contributed by atoms with E-state index in [0.29, 0.717) is 23.9 Å². The van der Waals surface area contributed by atoms with Crippen molar-refractivity contribution in [3.8, 4) is 5.75 Å². The van der Waals surface area contributed by atoms with Crippen molar-refractivity contribution >= 4 is 22.4 Å². The monoisotopic (exact) mass is 345 g/mol. The molecule has 2 aromatic rings. The molecule has 1 fully saturated rings. The van der Waals surface area contributed by atoms with Crippen molar-refractivity contribution in [1.29, 1.82) is 0 Å². The summed E-state index contributed by atoms with van der Waals surface area (Å²) in [6, 6.07) is 7.82. The third-order valence-corrected chi connectivity index (χ3v) is 5.36. The van der Waals surface area contributed by atoms with Crippen LogP contribution >= 0.6 is 11.3 Å². The minimum Gasteiger partial charge on any atom is -0.497 e. The number of rotatable bonds is 6. The first-order valence-electron chi connectivity index (χ1n) is 8.34. The highest BCUT2D eigenvalue weighted by atomic mass is 32.1. The molecule has 3 rings (SSSR count). The molecule has 5 nitrogen and oxygen atoms in total. The highest BCUT2D eigenvalue weighted by Crippen LogP contribution is 2.31. The van der Waals surface area contributed by atoms with E-state index < -0.39 is 0 Å². The summed E-state index contributed by atoms with van der Waals surface area (Å²) >= 11 is 1.60. The SMILES string of the molecule is COc1cccc(CCC(=O)Nc2ncc(C3CCNCC3)s2)c1. The second kappa shape index (κ2) is 8.26. The van der Waals surface area contributed by atoms with Gasteiger partial charge in [-0.05, 0) is 56.0 Å². The highest BCUT2D eigenvalue weighted by Gasteiger charge is 2.18. The van der Waals surface area contributed by atoms with Crippen molar-refractivity contribution in [2.75, 3.05) is 25.5 Å². The van der Waals surface area contributed by atoms with E-state index in [1.165, 1.54) is 4.88 Å². The van der Waals surface area contributed by atoms with Crippen molar-refractivity contribution in [3.63, 3.8) is 0 Å². The zero-order chi connectivity index (χ0) is 16.8. The van der Waals surface area contributed by atoms with Gasteiger partial charge >= 0.3 is 0 Å². The molecule has 1 aliphatic rings. The highest BCUT2D eigenvalue weighted by molar-refractivity contribution is 7.15. The number of aromatic nitrogens is 1. The maximum atomic E-state index is 12.1. The van der Waals surface area contributed by atoms with Gasteiger partial charge in [-0.3, -0.25) is 4.79 Å². The maximum Gasteiger partial charge on any atom is 0.226 e. The molecule has 24 heavy (non-hydrogen) atoms. The molecule has 0 unspecified atom stereocenters. The number of nitrogens with one attached hydrogen (secondary N) is 2. The normalized spacial score (nSPS) is 15.2. The van der Waals surface area contributed by atoms with Crippen molar-refractivity contribution in [1.82, 2.24) is 10.3 Å². The lowest BCUT2D eigenvalue weighted by Crippen LogP contribution is -2.26. The lowest BCUT2D eigenvalue weighted by Gasteiger charge is -2.20. The van der Waals surface area contributed by atoms with E-state index in [4.69, 9.17) is 4.74 Å². The van der Waals surface area contributed by atoms with Crippen LogP contribution in [0.3, 0.4) is 0 Å².